The lowest BCUT2D eigenvalue weighted by molar-refractivity contribution is -0.121. The molecule has 6 heteroatoms. The van der Waals surface area contributed by atoms with Gasteiger partial charge in [0.1, 0.15) is 5.82 Å². The lowest BCUT2D eigenvalue weighted by Crippen LogP contribution is -2.48. The number of fused-ring (bicyclic) bond motifs is 1. The van der Waals surface area contributed by atoms with Crippen LogP contribution in [0, 0.1) is 12.7 Å². The van der Waals surface area contributed by atoms with E-state index in [4.69, 9.17) is 0 Å². The molecule has 1 unspecified atom stereocenters. The number of aryl methyl sites for hydroxylation is 1. The predicted molar refractivity (Wildman–Crippen MR) is 118 cm³/mol. The maximum Gasteiger partial charge on any atom is 0.225 e. The average molecular weight is 409 g/mol. The Morgan fingerprint density at radius 1 is 1.13 bits per heavy atom. The number of aromatic amines is 1. The third-order valence-electron chi connectivity index (χ3n) is 5.99. The highest BCUT2D eigenvalue weighted by Crippen LogP contribution is 2.24. The molecule has 0 saturated carbocycles. The molecule has 0 spiro atoms. The summed E-state index contributed by atoms with van der Waals surface area (Å²) in [5, 5.41) is 4.01. The summed E-state index contributed by atoms with van der Waals surface area (Å²) in [5.41, 5.74) is 3.72. The zero-order valence-electron chi connectivity index (χ0n) is 17.6. The van der Waals surface area contributed by atoms with E-state index in [0.29, 0.717) is 0 Å². The normalized spacial score (nSPS) is 16.6. The molecular formula is C24H29FN4O. The molecule has 0 bridgehead atoms. The molecule has 2 N–H and O–H groups in total. The first-order valence-electron chi connectivity index (χ1n) is 10.5. The molecular weight excluding hydrogens is 379 g/mol. The summed E-state index contributed by atoms with van der Waals surface area (Å²) in [7, 11) is 2.14. The summed E-state index contributed by atoms with van der Waals surface area (Å²) in [6.45, 7) is 6.78. The van der Waals surface area contributed by atoms with Gasteiger partial charge in [-0.05, 0) is 43.3 Å². The highest BCUT2D eigenvalue weighted by atomic mass is 19.1. The molecule has 1 aliphatic rings. The number of carbonyl (C=O) groups is 1. The van der Waals surface area contributed by atoms with Crippen LogP contribution in [0.15, 0.2) is 48.5 Å². The minimum absolute atomic E-state index is 0.0498. The third-order valence-corrected chi connectivity index (χ3v) is 5.99. The van der Waals surface area contributed by atoms with E-state index in [2.05, 4.69) is 39.3 Å². The van der Waals surface area contributed by atoms with Crippen LogP contribution in [0.5, 0.6) is 0 Å². The highest BCUT2D eigenvalue weighted by molar-refractivity contribution is 5.90. The number of rotatable bonds is 6. The molecule has 0 radical (unpaired) electrons. The lowest BCUT2D eigenvalue weighted by Gasteiger charge is -2.35. The second kappa shape index (κ2) is 8.98. The first-order chi connectivity index (χ1) is 14.5. The van der Waals surface area contributed by atoms with E-state index in [1.165, 1.54) is 12.1 Å². The minimum Gasteiger partial charge on any atom is -0.358 e. The predicted octanol–water partition coefficient (Wildman–Crippen LogP) is 3.26. The van der Waals surface area contributed by atoms with Crippen molar-refractivity contribution in [1.29, 1.82) is 0 Å². The molecule has 2 heterocycles. The number of benzene rings is 2. The van der Waals surface area contributed by atoms with Crippen LogP contribution in [0.25, 0.3) is 10.9 Å². The quantitative estimate of drug-likeness (QED) is 0.658. The second-order valence-corrected chi connectivity index (χ2v) is 8.23. The van der Waals surface area contributed by atoms with Gasteiger partial charge in [0.2, 0.25) is 5.91 Å². The number of hydrogen-bond acceptors (Lipinski definition) is 3. The van der Waals surface area contributed by atoms with E-state index in [1.807, 2.05) is 25.1 Å². The topological polar surface area (TPSA) is 51.4 Å². The van der Waals surface area contributed by atoms with E-state index in [1.54, 1.807) is 6.07 Å². The van der Waals surface area contributed by atoms with Crippen molar-refractivity contribution >= 4 is 16.8 Å². The molecule has 5 nitrogen and oxygen atoms in total. The molecule has 30 heavy (non-hydrogen) atoms. The summed E-state index contributed by atoms with van der Waals surface area (Å²) < 4.78 is 13.8. The molecule has 4 rings (SSSR count). The van der Waals surface area contributed by atoms with Gasteiger partial charge in [-0.15, -0.1) is 0 Å². The Hall–Kier alpha value is -2.70. The van der Waals surface area contributed by atoms with Crippen LogP contribution in [-0.2, 0) is 11.2 Å². The zero-order chi connectivity index (χ0) is 21.1. The largest absolute Gasteiger partial charge is 0.358 e. The Balaban J connectivity index is 1.50. The molecule has 2 aromatic carbocycles. The number of hydrogen-bond donors (Lipinski definition) is 2. The number of nitrogens with one attached hydrogen (secondary N) is 2. The number of carbonyl (C=O) groups excluding carboxylic acids is 1. The Bertz CT molecular complexity index is 1010. The van der Waals surface area contributed by atoms with Crippen LogP contribution in [0.2, 0.25) is 0 Å². The molecule has 1 aromatic heterocycles. The number of piperazine rings is 1. The van der Waals surface area contributed by atoms with Gasteiger partial charge in [-0.2, -0.15) is 0 Å². The smallest absolute Gasteiger partial charge is 0.225 e. The number of halogens is 1. The van der Waals surface area contributed by atoms with Gasteiger partial charge in [0.05, 0.1) is 12.5 Å². The highest BCUT2D eigenvalue weighted by Gasteiger charge is 2.22. The van der Waals surface area contributed by atoms with Crippen molar-refractivity contribution < 1.29 is 9.18 Å². The van der Waals surface area contributed by atoms with Crippen molar-refractivity contribution in [3.63, 3.8) is 0 Å². The van der Waals surface area contributed by atoms with Gasteiger partial charge >= 0.3 is 0 Å². The van der Waals surface area contributed by atoms with E-state index in [0.717, 1.165) is 60.4 Å². The first-order valence-corrected chi connectivity index (χ1v) is 10.5. The Morgan fingerprint density at radius 2 is 1.87 bits per heavy atom. The molecule has 0 aliphatic carbocycles. The monoisotopic (exact) mass is 408 g/mol. The van der Waals surface area contributed by atoms with Crippen LogP contribution in [-0.4, -0.2) is 60.5 Å². The molecule has 1 atom stereocenters. The Morgan fingerprint density at radius 3 is 2.60 bits per heavy atom. The number of aromatic nitrogens is 1. The van der Waals surface area contributed by atoms with Gasteiger partial charge in [0.25, 0.3) is 0 Å². The molecule has 1 fully saturated rings. The molecule has 3 aromatic rings. The van der Waals surface area contributed by atoms with Crippen LogP contribution in [0.3, 0.4) is 0 Å². The van der Waals surface area contributed by atoms with Crippen LogP contribution in [0.4, 0.5) is 4.39 Å². The molecule has 158 valence electrons. The van der Waals surface area contributed by atoms with Crippen molar-refractivity contribution in [2.75, 3.05) is 39.8 Å². The summed E-state index contributed by atoms with van der Waals surface area (Å²) in [6, 6.07) is 14.7. The lowest BCUT2D eigenvalue weighted by atomic mass is 10.0. The Kier molecular flexibility index (Phi) is 6.16. The SMILES string of the molecule is Cc1[nH]c2ccc(F)cc2c1CC(=O)NC(CN1CCN(C)CC1)c1ccccc1. The van der Waals surface area contributed by atoms with Crippen molar-refractivity contribution in [2.24, 2.45) is 0 Å². The molecule has 1 aliphatic heterocycles. The van der Waals surface area contributed by atoms with E-state index < -0.39 is 0 Å². The van der Waals surface area contributed by atoms with Crippen LogP contribution in [0.1, 0.15) is 22.9 Å². The van der Waals surface area contributed by atoms with E-state index >= 15 is 0 Å². The Labute approximate surface area is 176 Å². The number of nitrogens with zero attached hydrogens (tertiary/aromatic N) is 2. The van der Waals surface area contributed by atoms with Crippen LogP contribution >= 0.6 is 0 Å². The summed E-state index contributed by atoms with van der Waals surface area (Å²) >= 11 is 0. The van der Waals surface area contributed by atoms with E-state index in [-0.39, 0.29) is 24.2 Å². The van der Waals surface area contributed by atoms with Gasteiger partial charge in [-0.3, -0.25) is 9.69 Å². The average Bonchev–Trinajstić information content (AvgIpc) is 3.04. The zero-order valence-corrected chi connectivity index (χ0v) is 17.6. The van der Waals surface area contributed by atoms with Crippen molar-refractivity contribution in [3.8, 4) is 0 Å². The third kappa shape index (κ3) is 4.71. The number of likely N-dealkylation sites (N-methyl/N-ethyl adjacent to an activating group) is 1. The maximum atomic E-state index is 13.8. The van der Waals surface area contributed by atoms with Gasteiger partial charge in [0, 0.05) is 49.3 Å². The second-order valence-electron chi connectivity index (χ2n) is 8.23. The maximum absolute atomic E-state index is 13.8. The van der Waals surface area contributed by atoms with Crippen molar-refractivity contribution in [2.45, 2.75) is 19.4 Å². The minimum atomic E-state index is -0.291. The first kappa shape index (κ1) is 20.6. The number of amides is 1. The van der Waals surface area contributed by atoms with Crippen molar-refractivity contribution in [3.05, 3.63) is 71.2 Å². The van der Waals surface area contributed by atoms with Gasteiger partial charge in [0.15, 0.2) is 0 Å². The van der Waals surface area contributed by atoms with E-state index in [9.17, 15) is 9.18 Å². The fourth-order valence-electron chi connectivity index (χ4n) is 4.20. The molecule has 1 amide bonds. The standard InChI is InChI=1S/C24H29FN4O/c1-17-20(21-14-19(25)8-9-22(21)26-17)15-24(30)27-23(18-6-4-3-5-7-18)16-29-12-10-28(2)11-13-29/h3-9,14,23,26H,10-13,15-16H2,1-2H3,(H,27,30). The van der Waals surface area contributed by atoms with Crippen molar-refractivity contribution in [1.82, 2.24) is 20.1 Å². The summed E-state index contributed by atoms with van der Waals surface area (Å²) in [6.07, 6.45) is 0.224. The van der Waals surface area contributed by atoms with Gasteiger partial charge in [-0.25, -0.2) is 4.39 Å². The van der Waals surface area contributed by atoms with Gasteiger partial charge < -0.3 is 15.2 Å². The fourth-order valence-corrected chi connectivity index (χ4v) is 4.20. The summed E-state index contributed by atoms with van der Waals surface area (Å²) in [5.74, 6) is -0.341. The number of H-pyrrole nitrogens is 1. The summed E-state index contributed by atoms with van der Waals surface area (Å²) in [4.78, 5) is 21.0. The molecule has 1 saturated heterocycles. The fraction of sp³-hybridized carbons (Fsp3) is 0.375. The van der Waals surface area contributed by atoms with Gasteiger partial charge in [-0.1, -0.05) is 30.3 Å². The van der Waals surface area contributed by atoms with Crippen LogP contribution < -0.4 is 5.32 Å².